The van der Waals surface area contributed by atoms with E-state index in [1.165, 1.54) is 6.07 Å². The fraction of sp³-hybridized carbons (Fsp3) is 0.342. The van der Waals surface area contributed by atoms with Crippen LogP contribution in [0.15, 0.2) is 103 Å². The zero-order valence-corrected chi connectivity index (χ0v) is 28.4. The monoisotopic (exact) mass is 700 g/mol. The summed E-state index contributed by atoms with van der Waals surface area (Å²) in [7, 11) is 0. The molecule has 0 spiro atoms. The molecule has 1 fully saturated rings. The van der Waals surface area contributed by atoms with Gasteiger partial charge in [-0.1, -0.05) is 96.5 Å². The lowest BCUT2D eigenvalue weighted by atomic mass is 9.90. The number of morpholine rings is 1. The maximum atomic E-state index is 13.8. The van der Waals surface area contributed by atoms with E-state index in [2.05, 4.69) is 36.1 Å². The first-order chi connectivity index (χ1) is 22.7. The summed E-state index contributed by atoms with van der Waals surface area (Å²) in [4.78, 5) is 16.8. The first-order valence-corrected chi connectivity index (χ1v) is 16.3. The van der Waals surface area contributed by atoms with E-state index in [0.29, 0.717) is 63.6 Å². The molecule has 5 nitrogen and oxygen atoms in total. The molecule has 4 aromatic carbocycles. The number of hydrogen-bond acceptors (Lipinski definition) is 4. The van der Waals surface area contributed by atoms with Gasteiger partial charge < -0.3 is 14.4 Å². The predicted molar refractivity (Wildman–Crippen MR) is 186 cm³/mol. The largest absolute Gasteiger partial charge is 0.494 e. The molecule has 1 aliphatic heterocycles. The molecule has 0 aromatic heterocycles. The molecule has 10 heteroatoms. The lowest BCUT2D eigenvalue weighted by Crippen LogP contribution is -2.41. The molecule has 0 N–H and O–H groups in total. The molecule has 1 heterocycles. The Labute approximate surface area is 292 Å². The number of alkyl halides is 3. The second kappa shape index (κ2) is 17.7. The summed E-state index contributed by atoms with van der Waals surface area (Å²) in [6.07, 6.45) is -3.64. The molecular weight excluding hydrogens is 660 g/mol. The van der Waals surface area contributed by atoms with Crippen LogP contribution < -0.4 is 4.74 Å². The molecule has 1 saturated heterocycles. The van der Waals surface area contributed by atoms with E-state index < -0.39 is 11.7 Å². The van der Waals surface area contributed by atoms with Crippen molar-refractivity contribution < 1.29 is 27.4 Å². The van der Waals surface area contributed by atoms with Crippen LogP contribution in [0.25, 0.3) is 0 Å². The van der Waals surface area contributed by atoms with Gasteiger partial charge in [0.05, 0.1) is 36.8 Å². The smallest absolute Gasteiger partial charge is 0.417 e. The molecule has 0 saturated carbocycles. The highest BCUT2D eigenvalue weighted by Gasteiger charge is 2.34. The highest BCUT2D eigenvalue weighted by atomic mass is 35.5. The van der Waals surface area contributed by atoms with Gasteiger partial charge in [-0.25, -0.2) is 0 Å². The zero-order chi connectivity index (χ0) is 33.2. The Hall–Kier alpha value is -3.56. The van der Waals surface area contributed by atoms with E-state index in [-0.39, 0.29) is 41.8 Å². The van der Waals surface area contributed by atoms with E-state index in [1.807, 2.05) is 65.6 Å². The summed E-state index contributed by atoms with van der Waals surface area (Å²) < 4.78 is 52.8. The van der Waals surface area contributed by atoms with Gasteiger partial charge in [-0.05, 0) is 53.8 Å². The lowest BCUT2D eigenvalue weighted by Gasteiger charge is -2.34. The second-order valence-corrected chi connectivity index (χ2v) is 12.3. The van der Waals surface area contributed by atoms with Crippen molar-refractivity contribution in [2.45, 2.75) is 44.4 Å². The van der Waals surface area contributed by atoms with Gasteiger partial charge >= 0.3 is 6.18 Å². The van der Waals surface area contributed by atoms with Gasteiger partial charge in [0.15, 0.2) is 0 Å². The summed E-state index contributed by atoms with van der Waals surface area (Å²) in [5.74, 6) is 0.712. The van der Waals surface area contributed by atoms with Gasteiger partial charge in [0, 0.05) is 38.1 Å². The Morgan fingerprint density at radius 2 is 1.54 bits per heavy atom. The van der Waals surface area contributed by atoms with Crippen molar-refractivity contribution in [3.63, 3.8) is 0 Å². The number of ether oxygens (including phenoxy) is 2. The summed E-state index contributed by atoms with van der Waals surface area (Å²) >= 11 is 6.39. The molecular formula is C38H41Cl2F3N2O3. The van der Waals surface area contributed by atoms with Gasteiger partial charge in [-0.2, -0.15) is 13.2 Å². The normalized spacial score (nSPS) is 14.1. The van der Waals surface area contributed by atoms with Crippen LogP contribution in [0, 0.1) is 0 Å². The van der Waals surface area contributed by atoms with Crippen molar-refractivity contribution in [2.75, 3.05) is 39.5 Å². The number of rotatable bonds is 13. The number of carbonyl (C=O) groups excluding carboxylic acids is 1. The second-order valence-electron chi connectivity index (χ2n) is 11.9. The Bertz CT molecular complexity index is 1550. The van der Waals surface area contributed by atoms with Gasteiger partial charge in [-0.15, -0.1) is 12.4 Å². The molecule has 5 rings (SSSR count). The molecule has 1 atom stereocenters. The molecule has 0 bridgehead atoms. The summed E-state index contributed by atoms with van der Waals surface area (Å²) in [6.45, 7) is 5.56. The van der Waals surface area contributed by atoms with Crippen LogP contribution in [0.1, 0.15) is 47.1 Å². The van der Waals surface area contributed by atoms with Crippen molar-refractivity contribution >= 4 is 29.9 Å². The van der Waals surface area contributed by atoms with E-state index in [9.17, 15) is 18.0 Å². The number of halogens is 5. The summed E-state index contributed by atoms with van der Waals surface area (Å²) in [5.41, 5.74) is 2.70. The Kier molecular flexibility index (Phi) is 13.8. The van der Waals surface area contributed by atoms with Crippen LogP contribution in [0.2, 0.25) is 5.02 Å². The van der Waals surface area contributed by atoms with Crippen molar-refractivity contribution in [3.05, 3.63) is 136 Å². The third-order valence-electron chi connectivity index (χ3n) is 8.62. The highest BCUT2D eigenvalue weighted by Crippen LogP contribution is 2.37. The van der Waals surface area contributed by atoms with Gasteiger partial charge in [-0.3, -0.25) is 9.69 Å². The Morgan fingerprint density at radius 1 is 0.917 bits per heavy atom. The fourth-order valence-corrected chi connectivity index (χ4v) is 6.22. The van der Waals surface area contributed by atoms with E-state index in [4.69, 9.17) is 21.1 Å². The standard InChI is InChI=1S/C38H40ClF3N2O3.ClH/c1-28(18-21-47-33-16-8-10-29(24-33)25-36(45)43-19-22-46-23-20-43)44(26-32-15-9-17-35(37(32)39)38(40,41)42)27-34(30-11-4-2-5-12-30)31-13-6-3-7-14-31;/h2-17,24,28,34H,18-23,25-27H2,1H3;1H. The minimum absolute atomic E-state index is 0. The fourth-order valence-electron chi connectivity index (χ4n) is 5.92. The van der Waals surface area contributed by atoms with Crippen molar-refractivity contribution in [1.29, 1.82) is 0 Å². The lowest BCUT2D eigenvalue weighted by molar-refractivity contribution is -0.137. The molecule has 1 amide bonds. The van der Waals surface area contributed by atoms with Crippen LogP contribution in [-0.2, 0) is 28.7 Å². The first-order valence-electron chi connectivity index (χ1n) is 15.9. The summed E-state index contributed by atoms with van der Waals surface area (Å²) in [6, 6.07) is 31.9. The number of amides is 1. The van der Waals surface area contributed by atoms with Gasteiger partial charge in [0.1, 0.15) is 5.75 Å². The van der Waals surface area contributed by atoms with Crippen LogP contribution in [-0.4, -0.2) is 61.2 Å². The average molecular weight is 702 g/mol. The maximum absolute atomic E-state index is 13.8. The van der Waals surface area contributed by atoms with Crippen molar-refractivity contribution in [3.8, 4) is 5.75 Å². The number of nitrogens with zero attached hydrogens (tertiary/aromatic N) is 2. The minimum Gasteiger partial charge on any atom is -0.494 e. The van der Waals surface area contributed by atoms with Crippen molar-refractivity contribution in [1.82, 2.24) is 9.80 Å². The average Bonchev–Trinajstić information content (AvgIpc) is 3.08. The SMILES string of the molecule is CC(CCOc1cccc(CC(=O)N2CCOCC2)c1)N(Cc1cccc(C(F)(F)F)c1Cl)CC(c1ccccc1)c1ccccc1.Cl. The molecule has 1 aliphatic rings. The third kappa shape index (κ3) is 10.2. The molecule has 0 aliphatic carbocycles. The topological polar surface area (TPSA) is 42.0 Å². The first kappa shape index (κ1) is 37.3. The molecule has 0 radical (unpaired) electrons. The highest BCUT2D eigenvalue weighted by molar-refractivity contribution is 6.32. The van der Waals surface area contributed by atoms with E-state index >= 15 is 0 Å². The third-order valence-corrected chi connectivity index (χ3v) is 9.07. The number of hydrogen-bond donors (Lipinski definition) is 0. The summed E-state index contributed by atoms with van der Waals surface area (Å²) in [5, 5.41) is -0.270. The number of benzene rings is 4. The van der Waals surface area contributed by atoms with Crippen LogP contribution >= 0.6 is 24.0 Å². The van der Waals surface area contributed by atoms with E-state index in [0.717, 1.165) is 22.8 Å². The quantitative estimate of drug-likeness (QED) is 0.140. The minimum atomic E-state index is -4.55. The zero-order valence-electron chi connectivity index (χ0n) is 26.9. The van der Waals surface area contributed by atoms with Gasteiger partial charge in [0.2, 0.25) is 5.91 Å². The van der Waals surface area contributed by atoms with Crippen LogP contribution in [0.4, 0.5) is 13.2 Å². The van der Waals surface area contributed by atoms with Crippen LogP contribution in [0.5, 0.6) is 5.75 Å². The Balaban J connectivity index is 0.00000520. The molecule has 4 aromatic rings. The Morgan fingerprint density at radius 3 is 2.17 bits per heavy atom. The maximum Gasteiger partial charge on any atom is 0.417 e. The molecule has 256 valence electrons. The predicted octanol–water partition coefficient (Wildman–Crippen LogP) is 8.67. The van der Waals surface area contributed by atoms with Crippen LogP contribution in [0.3, 0.4) is 0 Å². The van der Waals surface area contributed by atoms with Crippen molar-refractivity contribution in [2.24, 2.45) is 0 Å². The molecule has 1 unspecified atom stereocenters. The number of carbonyl (C=O) groups is 1. The van der Waals surface area contributed by atoms with E-state index in [1.54, 1.807) is 6.07 Å². The van der Waals surface area contributed by atoms with Gasteiger partial charge in [0.25, 0.3) is 0 Å². The molecule has 48 heavy (non-hydrogen) atoms.